The lowest BCUT2D eigenvalue weighted by atomic mass is 9.98. The van der Waals surface area contributed by atoms with Crippen molar-refractivity contribution in [3.8, 4) is 0 Å². The molecule has 15 heavy (non-hydrogen) atoms. The van der Waals surface area contributed by atoms with Crippen LogP contribution >= 0.6 is 0 Å². The van der Waals surface area contributed by atoms with Crippen molar-refractivity contribution in [2.75, 3.05) is 26.7 Å². The fourth-order valence-corrected chi connectivity index (χ4v) is 1.82. The highest BCUT2D eigenvalue weighted by Gasteiger charge is 2.16. The molecule has 2 rings (SSSR count). The van der Waals surface area contributed by atoms with Crippen molar-refractivity contribution in [2.24, 2.45) is 0 Å². The molecule has 2 N–H and O–H groups in total. The third-order valence-corrected chi connectivity index (χ3v) is 2.64. The van der Waals surface area contributed by atoms with Gasteiger partial charge in [0.2, 0.25) is 5.88 Å². The van der Waals surface area contributed by atoms with Gasteiger partial charge < -0.3 is 15.4 Å². The third kappa shape index (κ3) is 2.21. The molecule has 0 aromatic carbocycles. The molecule has 0 aromatic rings. The summed E-state index contributed by atoms with van der Waals surface area (Å²) in [6, 6.07) is 0. The van der Waals surface area contributed by atoms with E-state index < -0.39 is 0 Å². The fourth-order valence-electron chi connectivity index (χ4n) is 1.82. The number of dihydropyridines is 1. The van der Waals surface area contributed by atoms with Gasteiger partial charge in [-0.1, -0.05) is 6.08 Å². The Hall–Kier alpha value is -1.29. The number of nitrogens with one attached hydrogen (secondary N) is 2. The fraction of sp³-hybridized carbons (Fsp3) is 0.455. The topological polar surface area (TPSA) is 33.3 Å². The van der Waals surface area contributed by atoms with Crippen LogP contribution in [0.15, 0.2) is 35.0 Å². The molecule has 0 spiro atoms. The zero-order chi connectivity index (χ0) is 10.7. The van der Waals surface area contributed by atoms with Crippen LogP contribution in [0.25, 0.3) is 0 Å². The van der Waals surface area contributed by atoms with Gasteiger partial charge in [-0.25, -0.2) is 4.39 Å². The number of allylic oxidation sites excluding steroid dienone is 2. The first-order valence-electron chi connectivity index (χ1n) is 5.09. The molecule has 4 heteroatoms. The molecule has 0 atom stereocenters. The summed E-state index contributed by atoms with van der Waals surface area (Å²) in [6.45, 7) is 2.48. The number of halogens is 1. The Morgan fingerprint density at radius 3 is 2.87 bits per heavy atom. The van der Waals surface area contributed by atoms with E-state index in [1.54, 1.807) is 6.08 Å². The summed E-state index contributed by atoms with van der Waals surface area (Å²) in [5, 5.41) is 6.15. The molecule has 0 saturated heterocycles. The van der Waals surface area contributed by atoms with Gasteiger partial charge in [-0.05, 0) is 30.2 Å². The van der Waals surface area contributed by atoms with Crippen LogP contribution < -0.4 is 10.6 Å². The molecule has 3 nitrogen and oxygen atoms in total. The third-order valence-electron chi connectivity index (χ3n) is 2.64. The van der Waals surface area contributed by atoms with Gasteiger partial charge in [0, 0.05) is 13.1 Å². The molecule has 82 valence electrons. The normalized spacial score (nSPS) is 21.7. The molecule has 0 aliphatic carbocycles. The summed E-state index contributed by atoms with van der Waals surface area (Å²) in [5.41, 5.74) is 2.25. The van der Waals surface area contributed by atoms with Crippen LogP contribution in [0.4, 0.5) is 4.39 Å². The molecule has 0 bridgehead atoms. The minimum absolute atomic E-state index is 0.230. The molecule has 0 unspecified atom stereocenters. The van der Waals surface area contributed by atoms with E-state index in [1.165, 1.54) is 12.7 Å². The van der Waals surface area contributed by atoms with Crippen molar-refractivity contribution in [2.45, 2.75) is 6.42 Å². The second-order valence-electron chi connectivity index (χ2n) is 3.59. The molecular formula is C11H15FN2O. The van der Waals surface area contributed by atoms with Crippen LogP contribution in [-0.2, 0) is 4.74 Å². The van der Waals surface area contributed by atoms with E-state index in [9.17, 15) is 4.39 Å². The summed E-state index contributed by atoms with van der Waals surface area (Å²) in [7, 11) is 1.46. The van der Waals surface area contributed by atoms with Crippen LogP contribution in [0.2, 0.25) is 0 Å². The minimum atomic E-state index is -0.321. The van der Waals surface area contributed by atoms with Crippen LogP contribution in [0.1, 0.15) is 6.42 Å². The van der Waals surface area contributed by atoms with Gasteiger partial charge >= 0.3 is 0 Å². The number of ether oxygens (including phenoxy) is 1. The predicted octanol–water partition coefficient (Wildman–Crippen LogP) is 1.22. The summed E-state index contributed by atoms with van der Waals surface area (Å²) in [4.78, 5) is 0. The van der Waals surface area contributed by atoms with E-state index in [-0.39, 0.29) is 11.7 Å². The molecule has 0 saturated carbocycles. The van der Waals surface area contributed by atoms with Crippen molar-refractivity contribution in [1.29, 1.82) is 0 Å². The Labute approximate surface area is 88.7 Å². The van der Waals surface area contributed by atoms with Crippen molar-refractivity contribution in [1.82, 2.24) is 10.6 Å². The maximum atomic E-state index is 13.4. The van der Waals surface area contributed by atoms with E-state index in [1.807, 2.05) is 0 Å². The number of methoxy groups -OCH3 is 1. The van der Waals surface area contributed by atoms with E-state index in [2.05, 4.69) is 16.7 Å². The lowest BCUT2D eigenvalue weighted by molar-refractivity contribution is 0.248. The van der Waals surface area contributed by atoms with Gasteiger partial charge in [-0.2, -0.15) is 0 Å². The average Bonchev–Trinajstić information content (AvgIpc) is 2.30. The van der Waals surface area contributed by atoms with Gasteiger partial charge in [0.25, 0.3) is 0 Å². The molecule has 2 aliphatic heterocycles. The van der Waals surface area contributed by atoms with Crippen LogP contribution in [-0.4, -0.2) is 26.7 Å². The van der Waals surface area contributed by atoms with E-state index in [0.717, 1.165) is 25.1 Å². The minimum Gasteiger partial charge on any atom is -0.480 e. The first-order valence-corrected chi connectivity index (χ1v) is 5.09. The van der Waals surface area contributed by atoms with Gasteiger partial charge in [-0.3, -0.25) is 0 Å². The van der Waals surface area contributed by atoms with E-state index in [4.69, 9.17) is 4.74 Å². The molecule has 2 aliphatic rings. The summed E-state index contributed by atoms with van der Waals surface area (Å²) in [6.07, 6.45) is 4.64. The molecule has 0 amide bonds. The standard InChI is InChI=1S/C11H15FN2O/c1-15-11-10(12)6-9(7-14-11)8-2-4-13-5-3-8/h2,6,13-14H,3-5,7H2,1H3. The predicted molar refractivity (Wildman–Crippen MR) is 56.8 cm³/mol. The lowest BCUT2D eigenvalue weighted by Gasteiger charge is -2.21. The Balaban J connectivity index is 2.18. The summed E-state index contributed by atoms with van der Waals surface area (Å²) in [5.74, 6) is -0.0912. The smallest absolute Gasteiger partial charge is 0.223 e. The maximum absolute atomic E-state index is 13.4. The molecule has 0 radical (unpaired) electrons. The van der Waals surface area contributed by atoms with Crippen molar-refractivity contribution in [3.63, 3.8) is 0 Å². The molecule has 0 fully saturated rings. The van der Waals surface area contributed by atoms with Crippen LogP contribution in [0.5, 0.6) is 0 Å². The Morgan fingerprint density at radius 2 is 2.27 bits per heavy atom. The Bertz CT molecular complexity index is 344. The first-order chi connectivity index (χ1) is 7.31. The summed E-state index contributed by atoms with van der Waals surface area (Å²) >= 11 is 0. The van der Waals surface area contributed by atoms with E-state index in [0.29, 0.717) is 6.54 Å². The number of hydrogen-bond acceptors (Lipinski definition) is 3. The quantitative estimate of drug-likeness (QED) is 0.719. The van der Waals surface area contributed by atoms with Gasteiger partial charge in [0.1, 0.15) is 0 Å². The van der Waals surface area contributed by atoms with Crippen LogP contribution in [0, 0.1) is 0 Å². The number of rotatable bonds is 2. The highest BCUT2D eigenvalue weighted by molar-refractivity contribution is 5.40. The van der Waals surface area contributed by atoms with Gasteiger partial charge in [-0.15, -0.1) is 0 Å². The highest BCUT2D eigenvalue weighted by atomic mass is 19.1. The lowest BCUT2D eigenvalue weighted by Crippen LogP contribution is -2.27. The second-order valence-corrected chi connectivity index (χ2v) is 3.59. The zero-order valence-electron chi connectivity index (χ0n) is 8.77. The molecule has 0 aromatic heterocycles. The van der Waals surface area contributed by atoms with Crippen molar-refractivity contribution >= 4 is 0 Å². The monoisotopic (exact) mass is 210 g/mol. The second kappa shape index (κ2) is 4.49. The Morgan fingerprint density at radius 1 is 1.40 bits per heavy atom. The van der Waals surface area contributed by atoms with Crippen LogP contribution in [0.3, 0.4) is 0 Å². The maximum Gasteiger partial charge on any atom is 0.223 e. The summed E-state index contributed by atoms with van der Waals surface area (Å²) < 4.78 is 18.3. The van der Waals surface area contributed by atoms with Crippen molar-refractivity contribution in [3.05, 3.63) is 35.0 Å². The largest absolute Gasteiger partial charge is 0.480 e. The van der Waals surface area contributed by atoms with Crippen molar-refractivity contribution < 1.29 is 9.13 Å². The zero-order valence-corrected chi connectivity index (χ0v) is 8.77. The SMILES string of the molecule is COC1=C(F)C=C(C2=CCNCC2)CN1. The van der Waals surface area contributed by atoms with Gasteiger partial charge in [0.15, 0.2) is 5.83 Å². The average molecular weight is 210 g/mol. The Kier molecular flexibility index (Phi) is 3.06. The van der Waals surface area contributed by atoms with Gasteiger partial charge in [0.05, 0.1) is 7.11 Å². The first kappa shape index (κ1) is 10.2. The molecule has 2 heterocycles. The molecular weight excluding hydrogens is 195 g/mol. The number of hydrogen-bond donors (Lipinski definition) is 2. The van der Waals surface area contributed by atoms with E-state index >= 15 is 0 Å². The highest BCUT2D eigenvalue weighted by Crippen LogP contribution is 2.22.